The molecular weight excluding hydrogens is 298 g/mol. The Hall–Kier alpha value is -0.690. The number of piperidine rings is 1. The molecule has 2 rings (SSSR count). The minimum Gasteiger partial charge on any atom is -0.481 e. The molecule has 6 nitrogen and oxygen atoms in total. The van der Waals surface area contributed by atoms with Gasteiger partial charge in [0.15, 0.2) is 5.79 Å². The molecule has 2 heterocycles. The molecule has 134 valence electrons. The summed E-state index contributed by atoms with van der Waals surface area (Å²) in [6.45, 7) is 12.0. The van der Waals surface area contributed by atoms with Gasteiger partial charge < -0.3 is 19.8 Å². The lowest BCUT2D eigenvalue weighted by Crippen LogP contribution is -2.73. The first-order chi connectivity index (χ1) is 10.5. The first-order valence-electron chi connectivity index (χ1n) is 8.50. The minimum atomic E-state index is -1.02. The number of hydroxylamine groups is 2. The lowest BCUT2D eigenvalue weighted by molar-refractivity contribution is -0.398. The zero-order chi connectivity index (χ0) is 17.7. The van der Waals surface area contributed by atoms with Crippen LogP contribution in [0.5, 0.6) is 0 Å². The lowest BCUT2D eigenvalue weighted by atomic mass is 9.67. The highest BCUT2D eigenvalue weighted by molar-refractivity contribution is 5.74. The third-order valence-corrected chi connectivity index (χ3v) is 6.48. The first kappa shape index (κ1) is 18.6. The second-order valence-electron chi connectivity index (χ2n) is 8.03. The van der Waals surface area contributed by atoms with Crippen molar-refractivity contribution in [1.82, 2.24) is 5.06 Å². The molecule has 23 heavy (non-hydrogen) atoms. The molecule has 0 aromatic heterocycles. The summed E-state index contributed by atoms with van der Waals surface area (Å²) in [6.07, 6.45) is 2.00. The molecule has 2 fully saturated rings. The van der Waals surface area contributed by atoms with Crippen molar-refractivity contribution >= 4 is 5.97 Å². The highest BCUT2D eigenvalue weighted by Crippen LogP contribution is 2.53. The number of hydrogen-bond donors (Lipinski definition) is 2. The zero-order valence-corrected chi connectivity index (χ0v) is 15.2. The van der Waals surface area contributed by atoms with Gasteiger partial charge in [0.1, 0.15) is 5.41 Å². The van der Waals surface area contributed by atoms with E-state index >= 15 is 0 Å². The molecule has 0 aliphatic carbocycles. The van der Waals surface area contributed by atoms with E-state index < -0.39 is 28.2 Å². The van der Waals surface area contributed by atoms with E-state index in [9.17, 15) is 15.1 Å². The molecular formula is C17H31NO5. The van der Waals surface area contributed by atoms with Crippen LogP contribution in [0.2, 0.25) is 0 Å². The van der Waals surface area contributed by atoms with E-state index in [0.717, 1.165) is 12.8 Å². The van der Waals surface area contributed by atoms with Crippen molar-refractivity contribution in [1.29, 1.82) is 0 Å². The predicted molar refractivity (Wildman–Crippen MR) is 85.2 cm³/mol. The predicted octanol–water partition coefficient (Wildman–Crippen LogP) is 2.89. The van der Waals surface area contributed by atoms with Gasteiger partial charge in [-0.25, -0.2) is 0 Å². The average Bonchev–Trinajstić information content (AvgIpc) is 2.54. The summed E-state index contributed by atoms with van der Waals surface area (Å²) in [7, 11) is 0. The highest BCUT2D eigenvalue weighted by Gasteiger charge is 2.63. The molecule has 3 unspecified atom stereocenters. The van der Waals surface area contributed by atoms with Crippen molar-refractivity contribution in [3.05, 3.63) is 0 Å². The molecule has 0 bridgehead atoms. The normalized spacial score (nSPS) is 48.6. The van der Waals surface area contributed by atoms with Crippen LogP contribution in [0, 0.1) is 11.3 Å². The third kappa shape index (κ3) is 2.60. The van der Waals surface area contributed by atoms with Crippen LogP contribution in [0.15, 0.2) is 0 Å². The fraction of sp³-hybridized carbons (Fsp3) is 0.941. The van der Waals surface area contributed by atoms with Gasteiger partial charge in [-0.1, -0.05) is 20.8 Å². The van der Waals surface area contributed by atoms with E-state index in [1.807, 2.05) is 34.6 Å². The van der Waals surface area contributed by atoms with Crippen molar-refractivity contribution in [3.8, 4) is 0 Å². The summed E-state index contributed by atoms with van der Waals surface area (Å²) < 4.78 is 12.2. The Bertz CT molecular complexity index is 474. The van der Waals surface area contributed by atoms with Gasteiger partial charge in [0.05, 0.1) is 18.8 Å². The second-order valence-corrected chi connectivity index (χ2v) is 8.03. The SMILES string of the molecule is CCC1(C)CC2(OCC(C)(C(=O)O)CO2)C(C)C(C)(CC)N1O. The average molecular weight is 329 g/mol. The summed E-state index contributed by atoms with van der Waals surface area (Å²) in [5.74, 6) is -1.86. The van der Waals surface area contributed by atoms with E-state index in [1.165, 1.54) is 5.06 Å². The molecule has 0 saturated carbocycles. The number of aliphatic carboxylic acids is 1. The molecule has 2 aliphatic heterocycles. The van der Waals surface area contributed by atoms with E-state index in [-0.39, 0.29) is 19.1 Å². The molecule has 2 aliphatic rings. The van der Waals surface area contributed by atoms with Crippen molar-refractivity contribution in [2.45, 2.75) is 77.7 Å². The van der Waals surface area contributed by atoms with Gasteiger partial charge in [-0.15, -0.1) is 0 Å². The van der Waals surface area contributed by atoms with Crippen LogP contribution >= 0.6 is 0 Å². The van der Waals surface area contributed by atoms with Crippen LogP contribution in [0.3, 0.4) is 0 Å². The Balaban J connectivity index is 2.37. The maximum Gasteiger partial charge on any atom is 0.314 e. The number of nitrogens with zero attached hydrogens (tertiary/aromatic N) is 1. The Morgan fingerprint density at radius 1 is 1.17 bits per heavy atom. The number of carboxylic acids is 1. The van der Waals surface area contributed by atoms with Gasteiger partial charge in [0.25, 0.3) is 0 Å². The van der Waals surface area contributed by atoms with Crippen LogP contribution in [-0.4, -0.2) is 51.4 Å². The quantitative estimate of drug-likeness (QED) is 0.829. The van der Waals surface area contributed by atoms with Crippen molar-refractivity contribution in [2.24, 2.45) is 11.3 Å². The van der Waals surface area contributed by atoms with Gasteiger partial charge in [-0.3, -0.25) is 4.79 Å². The monoisotopic (exact) mass is 329 g/mol. The van der Waals surface area contributed by atoms with Crippen molar-refractivity contribution in [2.75, 3.05) is 13.2 Å². The maximum absolute atomic E-state index is 11.4. The van der Waals surface area contributed by atoms with Crippen molar-refractivity contribution in [3.63, 3.8) is 0 Å². The van der Waals surface area contributed by atoms with Crippen LogP contribution in [0.4, 0.5) is 0 Å². The zero-order valence-electron chi connectivity index (χ0n) is 15.2. The molecule has 3 atom stereocenters. The largest absolute Gasteiger partial charge is 0.481 e. The van der Waals surface area contributed by atoms with E-state index in [0.29, 0.717) is 6.42 Å². The first-order valence-corrected chi connectivity index (χ1v) is 8.50. The Morgan fingerprint density at radius 2 is 1.70 bits per heavy atom. The Labute approximate surface area is 138 Å². The smallest absolute Gasteiger partial charge is 0.314 e. The number of carbonyl (C=O) groups is 1. The van der Waals surface area contributed by atoms with Gasteiger partial charge in [0, 0.05) is 17.9 Å². The highest BCUT2D eigenvalue weighted by atomic mass is 16.7. The topological polar surface area (TPSA) is 79.2 Å². The van der Waals surface area contributed by atoms with Gasteiger partial charge >= 0.3 is 5.97 Å². The standard InChI is InChI=1S/C17H31NO5/c1-7-15(5)9-17(12(3)16(6,8-2)18(15)21)22-10-14(4,11-23-17)13(19)20/h12,21H,7-11H2,1-6H3,(H,19,20). The number of ether oxygens (including phenoxy) is 2. The minimum absolute atomic E-state index is 0.0945. The Morgan fingerprint density at radius 3 is 2.09 bits per heavy atom. The molecule has 0 aromatic rings. The van der Waals surface area contributed by atoms with Crippen LogP contribution < -0.4 is 0 Å². The maximum atomic E-state index is 11.4. The fourth-order valence-electron chi connectivity index (χ4n) is 3.89. The number of carboxylic acid groups (broad SMARTS) is 1. The molecule has 1 spiro atoms. The molecule has 0 amide bonds. The third-order valence-electron chi connectivity index (χ3n) is 6.48. The summed E-state index contributed by atoms with van der Waals surface area (Å²) in [5.41, 5.74) is -2.00. The van der Waals surface area contributed by atoms with Gasteiger partial charge in [0.2, 0.25) is 0 Å². The molecule has 2 N–H and O–H groups in total. The number of hydrogen-bond acceptors (Lipinski definition) is 5. The van der Waals surface area contributed by atoms with E-state index in [2.05, 4.69) is 0 Å². The van der Waals surface area contributed by atoms with Crippen LogP contribution in [0.1, 0.15) is 60.8 Å². The molecule has 2 saturated heterocycles. The number of rotatable bonds is 3. The van der Waals surface area contributed by atoms with E-state index in [1.54, 1.807) is 6.92 Å². The Kier molecular flexibility index (Phi) is 4.61. The molecule has 0 aromatic carbocycles. The van der Waals surface area contributed by atoms with Crippen LogP contribution in [-0.2, 0) is 14.3 Å². The van der Waals surface area contributed by atoms with E-state index in [4.69, 9.17) is 9.47 Å². The summed E-state index contributed by atoms with van der Waals surface area (Å²) >= 11 is 0. The summed E-state index contributed by atoms with van der Waals surface area (Å²) in [5, 5.41) is 21.7. The van der Waals surface area contributed by atoms with Gasteiger partial charge in [-0.05, 0) is 33.6 Å². The summed E-state index contributed by atoms with van der Waals surface area (Å²) in [6, 6.07) is 0. The summed E-state index contributed by atoms with van der Waals surface area (Å²) in [4.78, 5) is 11.4. The molecule has 0 radical (unpaired) electrons. The van der Waals surface area contributed by atoms with Crippen LogP contribution in [0.25, 0.3) is 0 Å². The lowest BCUT2D eigenvalue weighted by Gasteiger charge is -2.62. The van der Waals surface area contributed by atoms with Crippen molar-refractivity contribution < 1.29 is 24.6 Å². The molecule has 6 heteroatoms. The fourth-order valence-corrected chi connectivity index (χ4v) is 3.89. The van der Waals surface area contributed by atoms with Gasteiger partial charge in [-0.2, -0.15) is 5.06 Å². The second kappa shape index (κ2) is 5.69.